The quantitative estimate of drug-likeness (QED) is 0.539. The second kappa shape index (κ2) is 9.93. The Morgan fingerprint density at radius 2 is 1.86 bits per heavy atom. The summed E-state index contributed by atoms with van der Waals surface area (Å²) < 4.78 is 5.52. The lowest BCUT2D eigenvalue weighted by atomic mass is 9.95. The van der Waals surface area contributed by atoms with Gasteiger partial charge in [0.15, 0.2) is 0 Å². The van der Waals surface area contributed by atoms with Crippen LogP contribution in [0.2, 0.25) is 0 Å². The Bertz CT molecular complexity index is 802. The van der Waals surface area contributed by atoms with Crippen molar-refractivity contribution >= 4 is 12.0 Å². The first kappa shape index (κ1) is 21.5. The number of urea groups is 1. The van der Waals surface area contributed by atoms with Crippen molar-refractivity contribution < 1.29 is 14.3 Å². The molecule has 1 aliphatic rings. The van der Waals surface area contributed by atoms with Crippen LogP contribution in [0.4, 0.5) is 4.79 Å². The highest BCUT2D eigenvalue weighted by Crippen LogP contribution is 2.30. The van der Waals surface area contributed by atoms with Gasteiger partial charge in [-0.15, -0.1) is 0 Å². The number of amides is 2. The fourth-order valence-corrected chi connectivity index (χ4v) is 3.02. The van der Waals surface area contributed by atoms with E-state index in [2.05, 4.69) is 25.2 Å². The molecule has 5 nitrogen and oxygen atoms in total. The molecule has 1 aromatic rings. The summed E-state index contributed by atoms with van der Waals surface area (Å²) >= 11 is 0. The number of carbonyl (C=O) groups excluding carboxylic acids is 2. The molecule has 1 heterocycles. The van der Waals surface area contributed by atoms with Crippen LogP contribution >= 0.6 is 0 Å². The minimum absolute atomic E-state index is 0.218. The van der Waals surface area contributed by atoms with E-state index in [9.17, 15) is 9.59 Å². The van der Waals surface area contributed by atoms with Crippen LogP contribution in [0.1, 0.15) is 52.1 Å². The van der Waals surface area contributed by atoms with E-state index >= 15 is 0 Å². The van der Waals surface area contributed by atoms with Gasteiger partial charge in [-0.25, -0.2) is 9.59 Å². The van der Waals surface area contributed by atoms with Gasteiger partial charge in [-0.05, 0) is 52.2 Å². The van der Waals surface area contributed by atoms with Crippen LogP contribution in [0.15, 0.2) is 64.9 Å². The molecule has 1 aromatic carbocycles. The molecule has 0 saturated carbocycles. The monoisotopic (exact) mass is 382 g/mol. The van der Waals surface area contributed by atoms with Crippen molar-refractivity contribution in [2.45, 2.75) is 46.6 Å². The lowest BCUT2D eigenvalue weighted by Crippen LogP contribution is -2.46. The normalized spacial score (nSPS) is 17.3. The molecule has 1 aliphatic heterocycles. The average molecular weight is 383 g/mol. The molecule has 0 aliphatic carbocycles. The van der Waals surface area contributed by atoms with Crippen molar-refractivity contribution in [2.75, 3.05) is 13.7 Å². The predicted molar refractivity (Wildman–Crippen MR) is 112 cm³/mol. The van der Waals surface area contributed by atoms with E-state index in [4.69, 9.17) is 4.74 Å². The summed E-state index contributed by atoms with van der Waals surface area (Å²) in [5.41, 5.74) is 4.40. The van der Waals surface area contributed by atoms with Crippen molar-refractivity contribution in [3.8, 4) is 0 Å². The molecule has 2 rings (SSSR count). The zero-order chi connectivity index (χ0) is 20.7. The molecule has 0 fully saturated rings. The highest BCUT2D eigenvalue weighted by Gasteiger charge is 2.34. The van der Waals surface area contributed by atoms with E-state index in [1.54, 1.807) is 14.0 Å². The van der Waals surface area contributed by atoms with Gasteiger partial charge in [0.05, 0.1) is 11.6 Å². The topological polar surface area (TPSA) is 58.6 Å². The Morgan fingerprint density at radius 3 is 2.50 bits per heavy atom. The van der Waals surface area contributed by atoms with Crippen LogP contribution in [0.25, 0.3) is 0 Å². The molecule has 1 atom stereocenters. The van der Waals surface area contributed by atoms with E-state index in [-0.39, 0.29) is 12.6 Å². The van der Waals surface area contributed by atoms with Gasteiger partial charge in [-0.2, -0.15) is 0 Å². The first-order valence-corrected chi connectivity index (χ1v) is 9.57. The van der Waals surface area contributed by atoms with Gasteiger partial charge < -0.3 is 15.0 Å². The SMILES string of the molecule is CC(C)=CCC/C(C)=C/COC(=O)C1=C(C)N(C)C(=O)NC1c1ccccc1. The average Bonchev–Trinajstić information content (AvgIpc) is 2.66. The molecule has 0 saturated heterocycles. The summed E-state index contributed by atoms with van der Waals surface area (Å²) in [4.78, 5) is 26.5. The number of nitrogens with one attached hydrogen (secondary N) is 1. The molecule has 1 N–H and O–H groups in total. The van der Waals surface area contributed by atoms with Gasteiger partial charge in [0, 0.05) is 12.7 Å². The van der Waals surface area contributed by atoms with E-state index < -0.39 is 12.0 Å². The van der Waals surface area contributed by atoms with Gasteiger partial charge >= 0.3 is 12.0 Å². The maximum absolute atomic E-state index is 12.8. The molecular weight excluding hydrogens is 352 g/mol. The Kier molecular flexibility index (Phi) is 7.61. The zero-order valence-corrected chi connectivity index (χ0v) is 17.4. The number of hydrogen-bond acceptors (Lipinski definition) is 3. The van der Waals surface area contributed by atoms with Crippen LogP contribution in [0.5, 0.6) is 0 Å². The van der Waals surface area contributed by atoms with Crippen LogP contribution in [-0.4, -0.2) is 30.6 Å². The summed E-state index contributed by atoms with van der Waals surface area (Å²) in [6.45, 7) is 8.19. The third-order valence-corrected chi connectivity index (χ3v) is 4.84. The molecule has 0 bridgehead atoms. The predicted octanol–water partition coefficient (Wildman–Crippen LogP) is 4.89. The number of nitrogens with zero attached hydrogens (tertiary/aromatic N) is 1. The summed E-state index contributed by atoms with van der Waals surface area (Å²) in [7, 11) is 1.65. The fourth-order valence-electron chi connectivity index (χ4n) is 3.02. The number of rotatable bonds is 7. The minimum atomic E-state index is -0.514. The molecule has 28 heavy (non-hydrogen) atoms. The van der Waals surface area contributed by atoms with Crippen LogP contribution in [0, 0.1) is 0 Å². The van der Waals surface area contributed by atoms with Crippen molar-refractivity contribution in [2.24, 2.45) is 0 Å². The lowest BCUT2D eigenvalue weighted by molar-refractivity contribution is -0.138. The highest BCUT2D eigenvalue weighted by atomic mass is 16.5. The van der Waals surface area contributed by atoms with Crippen molar-refractivity contribution in [3.63, 3.8) is 0 Å². The van der Waals surface area contributed by atoms with Crippen LogP contribution in [-0.2, 0) is 9.53 Å². The van der Waals surface area contributed by atoms with E-state index in [0.717, 1.165) is 18.4 Å². The van der Waals surface area contributed by atoms with Crippen LogP contribution in [0.3, 0.4) is 0 Å². The van der Waals surface area contributed by atoms with Gasteiger partial charge in [0.2, 0.25) is 0 Å². The van der Waals surface area contributed by atoms with Crippen molar-refractivity contribution in [1.82, 2.24) is 10.2 Å². The van der Waals surface area contributed by atoms with E-state index in [0.29, 0.717) is 11.3 Å². The van der Waals surface area contributed by atoms with E-state index in [1.165, 1.54) is 16.0 Å². The summed E-state index contributed by atoms with van der Waals surface area (Å²) in [6.07, 6.45) is 6.06. The molecular formula is C23H30N2O3. The molecule has 1 unspecified atom stereocenters. The third kappa shape index (κ3) is 5.59. The molecule has 5 heteroatoms. The Morgan fingerprint density at radius 1 is 1.18 bits per heavy atom. The van der Waals surface area contributed by atoms with Crippen molar-refractivity contribution in [1.29, 1.82) is 0 Å². The lowest BCUT2D eigenvalue weighted by Gasteiger charge is -2.33. The largest absolute Gasteiger partial charge is 0.458 e. The maximum Gasteiger partial charge on any atom is 0.338 e. The number of esters is 1. The standard InChI is InChI=1S/C23H30N2O3/c1-16(2)10-9-11-17(3)14-15-28-22(26)20-18(4)25(5)23(27)24-21(20)19-12-7-6-8-13-19/h6-8,10,12-14,21H,9,11,15H2,1-5H3,(H,24,27)/b17-14+. The van der Waals surface area contributed by atoms with E-state index in [1.807, 2.05) is 43.3 Å². The number of hydrogen-bond donors (Lipinski definition) is 1. The minimum Gasteiger partial charge on any atom is -0.458 e. The Hall–Kier alpha value is -2.82. The molecule has 0 aromatic heterocycles. The Balaban J connectivity index is 2.12. The van der Waals surface area contributed by atoms with Gasteiger partial charge in [0.25, 0.3) is 0 Å². The number of ether oxygens (including phenoxy) is 1. The second-order valence-corrected chi connectivity index (χ2v) is 7.32. The first-order valence-electron chi connectivity index (χ1n) is 9.57. The number of carbonyl (C=O) groups is 2. The summed E-state index contributed by atoms with van der Waals surface area (Å²) in [5, 5.41) is 2.89. The second-order valence-electron chi connectivity index (χ2n) is 7.32. The molecule has 0 radical (unpaired) electrons. The molecule has 2 amide bonds. The molecule has 150 valence electrons. The number of benzene rings is 1. The van der Waals surface area contributed by atoms with Crippen molar-refractivity contribution in [3.05, 3.63) is 70.5 Å². The zero-order valence-electron chi connectivity index (χ0n) is 17.4. The smallest absolute Gasteiger partial charge is 0.338 e. The van der Waals surface area contributed by atoms with Crippen LogP contribution < -0.4 is 5.32 Å². The summed E-state index contributed by atoms with van der Waals surface area (Å²) in [5.74, 6) is -0.411. The fraction of sp³-hybridized carbons (Fsp3) is 0.391. The van der Waals surface area contributed by atoms with Gasteiger partial charge in [-0.1, -0.05) is 47.6 Å². The highest BCUT2D eigenvalue weighted by molar-refractivity contribution is 5.95. The third-order valence-electron chi connectivity index (χ3n) is 4.84. The summed E-state index contributed by atoms with van der Waals surface area (Å²) in [6, 6.07) is 8.71. The first-order chi connectivity index (χ1) is 13.3. The maximum atomic E-state index is 12.8. The van der Waals surface area contributed by atoms with Gasteiger partial charge in [0.1, 0.15) is 6.61 Å². The number of allylic oxidation sites excluding steroid dienone is 4. The van der Waals surface area contributed by atoms with Gasteiger partial charge in [-0.3, -0.25) is 0 Å². The molecule has 0 spiro atoms. The Labute approximate surface area is 167 Å².